The molecule has 0 aromatic heterocycles. The fourth-order valence-corrected chi connectivity index (χ4v) is 3.28. The lowest BCUT2D eigenvalue weighted by molar-refractivity contribution is -0.118. The van der Waals surface area contributed by atoms with Crippen LogP contribution in [0.4, 0.5) is 5.69 Å². The van der Waals surface area contributed by atoms with Gasteiger partial charge < -0.3 is 10.6 Å². The monoisotopic (exact) mass is 264 g/mol. The lowest BCUT2D eigenvalue weighted by atomic mass is 10.1. The molecule has 3 nitrogen and oxygen atoms in total. The van der Waals surface area contributed by atoms with Crippen LogP contribution in [0.2, 0.25) is 0 Å². The van der Waals surface area contributed by atoms with E-state index in [-0.39, 0.29) is 17.2 Å². The van der Waals surface area contributed by atoms with E-state index in [0.717, 1.165) is 12.1 Å². The number of nitrogens with two attached hydrogens (primary N) is 1. The lowest BCUT2D eigenvalue weighted by Gasteiger charge is -2.35. The molecule has 0 saturated carbocycles. The average Bonchev–Trinajstić information content (AvgIpc) is 2.31. The summed E-state index contributed by atoms with van der Waals surface area (Å²) in [5.41, 5.74) is 7.84. The van der Waals surface area contributed by atoms with E-state index in [4.69, 9.17) is 5.73 Å². The molecule has 1 aromatic carbocycles. The van der Waals surface area contributed by atoms with Crippen LogP contribution >= 0.6 is 11.8 Å². The summed E-state index contributed by atoms with van der Waals surface area (Å²) >= 11 is 1.65. The first-order chi connectivity index (χ1) is 8.54. The van der Waals surface area contributed by atoms with E-state index in [0.29, 0.717) is 6.54 Å². The summed E-state index contributed by atoms with van der Waals surface area (Å²) < 4.78 is 0. The van der Waals surface area contributed by atoms with Crippen LogP contribution in [0.25, 0.3) is 0 Å². The summed E-state index contributed by atoms with van der Waals surface area (Å²) in [6.45, 7) is 6.72. The Bertz CT molecular complexity index is 459. The molecule has 1 heterocycles. The van der Waals surface area contributed by atoms with Gasteiger partial charge in [0.2, 0.25) is 5.91 Å². The van der Waals surface area contributed by atoms with Gasteiger partial charge in [0.15, 0.2) is 0 Å². The standard InChI is InChI=1S/C14H20N2OS/c1-9(2)16-12-8-11(6-7-15)4-5-13(12)18-10(3)14(16)17/h4-5,8-10H,6-7,15H2,1-3H3. The van der Waals surface area contributed by atoms with Crippen molar-refractivity contribution in [2.75, 3.05) is 11.4 Å². The molecule has 2 N–H and O–H groups in total. The minimum Gasteiger partial charge on any atom is -0.330 e. The highest BCUT2D eigenvalue weighted by Crippen LogP contribution is 2.40. The Kier molecular flexibility index (Phi) is 3.97. The summed E-state index contributed by atoms with van der Waals surface area (Å²) in [5.74, 6) is 0.201. The molecule has 1 aliphatic rings. The second-order valence-electron chi connectivity index (χ2n) is 4.90. The van der Waals surface area contributed by atoms with Crippen LogP contribution < -0.4 is 10.6 Å². The summed E-state index contributed by atoms with van der Waals surface area (Å²) in [6, 6.07) is 6.52. The van der Waals surface area contributed by atoms with Crippen LogP contribution in [0.15, 0.2) is 23.1 Å². The van der Waals surface area contributed by atoms with E-state index in [1.54, 1.807) is 11.8 Å². The Balaban J connectivity index is 2.45. The quantitative estimate of drug-likeness (QED) is 0.912. The lowest BCUT2D eigenvalue weighted by Crippen LogP contribution is -2.44. The van der Waals surface area contributed by atoms with E-state index in [2.05, 4.69) is 32.0 Å². The third kappa shape index (κ3) is 2.40. The van der Waals surface area contributed by atoms with Crippen LogP contribution in [-0.2, 0) is 11.2 Å². The summed E-state index contributed by atoms with van der Waals surface area (Å²) in [4.78, 5) is 15.4. The van der Waals surface area contributed by atoms with E-state index in [1.807, 2.05) is 11.8 Å². The zero-order chi connectivity index (χ0) is 13.3. The second kappa shape index (κ2) is 5.33. The fourth-order valence-electron chi connectivity index (χ4n) is 2.26. The second-order valence-corrected chi connectivity index (χ2v) is 6.29. The van der Waals surface area contributed by atoms with Crippen LogP contribution in [0.1, 0.15) is 26.3 Å². The maximum atomic E-state index is 12.3. The van der Waals surface area contributed by atoms with Gasteiger partial charge in [-0.3, -0.25) is 4.79 Å². The van der Waals surface area contributed by atoms with Crippen molar-refractivity contribution in [1.82, 2.24) is 0 Å². The smallest absolute Gasteiger partial charge is 0.240 e. The summed E-state index contributed by atoms with van der Waals surface area (Å²) in [5, 5.41) is 0.000239. The molecule has 0 bridgehead atoms. The highest BCUT2D eigenvalue weighted by Gasteiger charge is 2.32. The third-order valence-corrected chi connectivity index (χ3v) is 4.28. The van der Waals surface area contributed by atoms with Gasteiger partial charge in [-0.25, -0.2) is 0 Å². The van der Waals surface area contributed by atoms with Crippen molar-refractivity contribution in [3.8, 4) is 0 Å². The van der Waals surface area contributed by atoms with Gasteiger partial charge in [0.25, 0.3) is 0 Å². The maximum absolute atomic E-state index is 12.3. The predicted molar refractivity (Wildman–Crippen MR) is 77.1 cm³/mol. The molecule has 1 unspecified atom stereocenters. The van der Waals surface area contributed by atoms with Crippen LogP contribution in [0.5, 0.6) is 0 Å². The number of rotatable bonds is 3. The maximum Gasteiger partial charge on any atom is 0.240 e. The number of carbonyl (C=O) groups is 1. The molecule has 1 aromatic rings. The van der Waals surface area contributed by atoms with Crippen molar-refractivity contribution in [2.45, 2.75) is 43.4 Å². The zero-order valence-corrected chi connectivity index (χ0v) is 12.0. The molecule has 0 radical (unpaired) electrons. The van der Waals surface area contributed by atoms with Gasteiger partial charge in [-0.15, -0.1) is 11.8 Å². The van der Waals surface area contributed by atoms with E-state index in [1.165, 1.54) is 10.5 Å². The largest absolute Gasteiger partial charge is 0.330 e. The van der Waals surface area contributed by atoms with Gasteiger partial charge >= 0.3 is 0 Å². The first-order valence-corrected chi connectivity index (χ1v) is 7.25. The van der Waals surface area contributed by atoms with Gasteiger partial charge in [-0.2, -0.15) is 0 Å². The Labute approximate surface area is 113 Å². The average molecular weight is 264 g/mol. The number of hydrogen-bond acceptors (Lipinski definition) is 3. The van der Waals surface area contributed by atoms with E-state index < -0.39 is 0 Å². The first-order valence-electron chi connectivity index (χ1n) is 6.37. The minimum absolute atomic E-state index is 0.000239. The molecule has 1 atom stereocenters. The molecule has 1 aliphatic heterocycles. The van der Waals surface area contributed by atoms with Crippen LogP contribution in [0.3, 0.4) is 0 Å². The van der Waals surface area contributed by atoms with Crippen molar-refractivity contribution in [2.24, 2.45) is 5.73 Å². The van der Waals surface area contributed by atoms with E-state index in [9.17, 15) is 4.79 Å². The Morgan fingerprint density at radius 3 is 2.78 bits per heavy atom. The molecular formula is C14H20N2OS. The van der Waals surface area contributed by atoms with Gasteiger partial charge in [0.05, 0.1) is 10.9 Å². The summed E-state index contributed by atoms with van der Waals surface area (Å²) in [6.07, 6.45) is 0.855. The SMILES string of the molecule is CC1Sc2ccc(CCN)cc2N(C(C)C)C1=O. The predicted octanol–water partition coefficient (Wildman–Crippen LogP) is 2.42. The zero-order valence-electron chi connectivity index (χ0n) is 11.1. The van der Waals surface area contributed by atoms with Crippen molar-refractivity contribution < 1.29 is 4.79 Å². The first kappa shape index (κ1) is 13.4. The van der Waals surface area contributed by atoms with Gasteiger partial charge in [-0.05, 0) is 51.4 Å². The topological polar surface area (TPSA) is 46.3 Å². The number of amides is 1. The minimum atomic E-state index is 0.000239. The molecule has 18 heavy (non-hydrogen) atoms. The van der Waals surface area contributed by atoms with E-state index >= 15 is 0 Å². The van der Waals surface area contributed by atoms with Crippen molar-refractivity contribution in [3.63, 3.8) is 0 Å². The van der Waals surface area contributed by atoms with Gasteiger partial charge in [-0.1, -0.05) is 6.07 Å². The number of anilines is 1. The number of hydrogen-bond donors (Lipinski definition) is 1. The van der Waals surface area contributed by atoms with Crippen molar-refractivity contribution in [1.29, 1.82) is 0 Å². The number of thioether (sulfide) groups is 1. The van der Waals surface area contributed by atoms with Crippen LogP contribution in [-0.4, -0.2) is 23.7 Å². The molecule has 0 spiro atoms. The number of nitrogens with zero attached hydrogens (tertiary/aromatic N) is 1. The van der Waals surface area contributed by atoms with Crippen molar-refractivity contribution in [3.05, 3.63) is 23.8 Å². The van der Waals surface area contributed by atoms with Gasteiger partial charge in [0, 0.05) is 10.9 Å². The molecule has 98 valence electrons. The number of fused-ring (bicyclic) bond motifs is 1. The molecule has 1 amide bonds. The number of benzene rings is 1. The highest BCUT2D eigenvalue weighted by molar-refractivity contribution is 8.00. The molecule has 2 rings (SSSR count). The van der Waals surface area contributed by atoms with Gasteiger partial charge in [0.1, 0.15) is 0 Å². The molecular weight excluding hydrogens is 244 g/mol. The normalized spacial score (nSPS) is 19.3. The molecule has 0 saturated heterocycles. The molecule has 4 heteroatoms. The van der Waals surface area contributed by atoms with Crippen molar-refractivity contribution >= 4 is 23.4 Å². The summed E-state index contributed by atoms with van der Waals surface area (Å²) in [7, 11) is 0. The molecule has 0 fully saturated rings. The number of carbonyl (C=O) groups excluding carboxylic acids is 1. The Morgan fingerprint density at radius 1 is 1.44 bits per heavy atom. The highest BCUT2D eigenvalue weighted by atomic mass is 32.2. The fraction of sp³-hybridized carbons (Fsp3) is 0.500. The van der Waals surface area contributed by atoms with Crippen LogP contribution in [0, 0.1) is 0 Å². The Hall–Kier alpha value is -1.00. The Morgan fingerprint density at radius 2 is 2.17 bits per heavy atom. The molecule has 0 aliphatic carbocycles. The third-order valence-electron chi connectivity index (χ3n) is 3.12.